The average Bonchev–Trinajstić information content (AvgIpc) is 3.71. The molecular formula is C73H119N3O6. The highest BCUT2D eigenvalue weighted by atomic mass is 16.5. The molecule has 6 atom stereocenters. The number of hydrogen-bond donors (Lipinski definition) is 3. The molecule has 0 aromatic heterocycles. The molecule has 9 heteroatoms. The number of benzene rings is 3. The molecule has 3 aromatic carbocycles. The van der Waals surface area contributed by atoms with Crippen LogP contribution in [0.3, 0.4) is 0 Å². The molecular weight excluding hydrogens is 1010 g/mol. The van der Waals surface area contributed by atoms with Gasteiger partial charge in [-0.3, -0.25) is 30.0 Å². The molecule has 0 spiro atoms. The average molecular weight is 1130 g/mol. The molecule has 9 nitrogen and oxygen atoms in total. The molecule has 0 saturated carbocycles. The number of carbonyl (C=O) groups excluding carboxylic acids is 3. The molecule has 0 radical (unpaired) electrons. The van der Waals surface area contributed by atoms with Crippen molar-refractivity contribution in [2.75, 3.05) is 0 Å². The first kappa shape index (κ1) is 70.4. The molecule has 3 aliphatic rings. The second-order valence-electron chi connectivity index (χ2n) is 24.9. The van der Waals surface area contributed by atoms with Gasteiger partial charge in [-0.25, -0.2) is 15.2 Å². The third-order valence-corrected chi connectivity index (χ3v) is 18.4. The highest BCUT2D eigenvalue weighted by Crippen LogP contribution is 2.38. The van der Waals surface area contributed by atoms with Crippen LogP contribution in [0.4, 0.5) is 0 Å². The van der Waals surface area contributed by atoms with Gasteiger partial charge in [-0.2, -0.15) is 0 Å². The second-order valence-corrected chi connectivity index (χ2v) is 24.9. The summed E-state index contributed by atoms with van der Waals surface area (Å²) >= 11 is 0. The Labute approximate surface area is 501 Å². The molecule has 82 heavy (non-hydrogen) atoms. The number of hydroxylamine groups is 6. The molecule has 0 aliphatic carbocycles. The van der Waals surface area contributed by atoms with Gasteiger partial charge in [0.2, 0.25) is 17.7 Å². The van der Waals surface area contributed by atoms with Crippen molar-refractivity contribution < 1.29 is 30.0 Å². The van der Waals surface area contributed by atoms with E-state index in [1.54, 1.807) is 0 Å². The van der Waals surface area contributed by atoms with E-state index in [1.165, 1.54) is 216 Å². The lowest BCUT2D eigenvalue weighted by Crippen LogP contribution is -2.45. The fraction of sp³-hybridized carbons (Fsp3) is 0.712. The summed E-state index contributed by atoms with van der Waals surface area (Å²) < 4.78 is 0. The van der Waals surface area contributed by atoms with Crippen LogP contribution in [0.25, 0.3) is 0 Å². The van der Waals surface area contributed by atoms with Crippen molar-refractivity contribution in [1.29, 1.82) is 0 Å². The lowest BCUT2D eigenvalue weighted by atomic mass is 9.82. The Morgan fingerprint density at radius 1 is 0.293 bits per heavy atom. The molecule has 3 fully saturated rings. The van der Waals surface area contributed by atoms with Gasteiger partial charge in [-0.15, -0.1) is 0 Å². The Hall–Kier alpha value is -4.05. The number of hydrogen-bond acceptors (Lipinski definition) is 6. The summed E-state index contributed by atoms with van der Waals surface area (Å²) in [5, 5.41) is 34.1. The molecule has 0 unspecified atom stereocenters. The van der Waals surface area contributed by atoms with Gasteiger partial charge >= 0.3 is 0 Å². The molecule has 3 aliphatic heterocycles. The van der Waals surface area contributed by atoms with Crippen LogP contribution in [-0.2, 0) is 14.4 Å². The van der Waals surface area contributed by atoms with Gasteiger partial charge in [0.05, 0.1) is 18.1 Å². The lowest BCUT2D eigenvalue weighted by molar-refractivity contribution is -0.185. The topological polar surface area (TPSA) is 122 Å². The first-order valence-corrected chi connectivity index (χ1v) is 34.4. The van der Waals surface area contributed by atoms with E-state index in [0.29, 0.717) is 19.3 Å². The third kappa shape index (κ3) is 28.2. The van der Waals surface area contributed by atoms with Crippen molar-refractivity contribution in [1.82, 2.24) is 15.2 Å². The van der Waals surface area contributed by atoms with Crippen molar-refractivity contribution in [3.05, 3.63) is 108 Å². The Morgan fingerprint density at radius 3 is 0.671 bits per heavy atom. The van der Waals surface area contributed by atoms with Gasteiger partial charge in [0, 0.05) is 37.0 Å². The SMILES string of the molecule is CCCCCCCCCCCCCC[C@H]1[C@@H](c2ccccc2)CCC(=O)N1O.CCCCCCCCCCCCCC[C@H]1[C@H](c2ccccc2)CCC(=O)N1O.CCCCCCCCCCCC[C@H]1[C@@H](c2ccccc2)CCC(=O)N1O. The molecule has 3 heterocycles. The largest absolute Gasteiger partial charge is 0.286 e. The Morgan fingerprint density at radius 2 is 0.476 bits per heavy atom. The van der Waals surface area contributed by atoms with E-state index in [4.69, 9.17) is 0 Å². The van der Waals surface area contributed by atoms with E-state index in [0.717, 1.165) is 73.0 Å². The van der Waals surface area contributed by atoms with Crippen molar-refractivity contribution in [2.24, 2.45) is 0 Å². The smallest absolute Gasteiger partial charge is 0.246 e. The van der Waals surface area contributed by atoms with Gasteiger partial charge in [-0.05, 0) is 55.2 Å². The Balaban J connectivity index is 0.000000265. The minimum atomic E-state index is -0.116. The monoisotopic (exact) mass is 1130 g/mol. The number of carbonyl (C=O) groups is 3. The zero-order chi connectivity index (χ0) is 58.7. The normalized spacial score (nSPS) is 20.1. The van der Waals surface area contributed by atoms with Crippen LogP contribution in [0.5, 0.6) is 0 Å². The first-order chi connectivity index (χ1) is 40.2. The van der Waals surface area contributed by atoms with Crippen LogP contribution in [0, 0.1) is 0 Å². The fourth-order valence-electron chi connectivity index (χ4n) is 13.3. The highest BCUT2D eigenvalue weighted by Gasteiger charge is 2.38. The number of rotatable bonds is 40. The van der Waals surface area contributed by atoms with E-state index in [2.05, 4.69) is 57.2 Å². The summed E-state index contributed by atoms with van der Waals surface area (Å²) in [4.78, 5) is 35.9. The summed E-state index contributed by atoms with van der Waals surface area (Å²) in [5.74, 6) is 0.437. The molecule has 3 N–H and O–H groups in total. The number of piperidine rings is 3. The van der Waals surface area contributed by atoms with Gasteiger partial charge in [-0.1, -0.05) is 330 Å². The quantitative estimate of drug-likeness (QED) is 0.0385. The zero-order valence-corrected chi connectivity index (χ0v) is 52.4. The molecule has 3 amide bonds. The van der Waals surface area contributed by atoms with E-state index >= 15 is 0 Å². The summed E-state index contributed by atoms with van der Waals surface area (Å²) in [7, 11) is 0. The van der Waals surface area contributed by atoms with Crippen molar-refractivity contribution in [3.8, 4) is 0 Å². The van der Waals surface area contributed by atoms with Crippen molar-refractivity contribution in [3.63, 3.8) is 0 Å². The van der Waals surface area contributed by atoms with Crippen molar-refractivity contribution >= 4 is 17.7 Å². The predicted octanol–water partition coefficient (Wildman–Crippen LogP) is 20.9. The summed E-state index contributed by atoms with van der Waals surface area (Å²) in [6, 6.07) is 30.9. The van der Waals surface area contributed by atoms with Gasteiger partial charge in [0.25, 0.3) is 0 Å². The lowest BCUT2D eigenvalue weighted by Gasteiger charge is -2.37. The highest BCUT2D eigenvalue weighted by molar-refractivity contribution is 5.77. The summed E-state index contributed by atoms with van der Waals surface area (Å²) in [6.45, 7) is 6.80. The number of amides is 3. The van der Waals surface area contributed by atoms with Crippen LogP contribution in [0.15, 0.2) is 91.0 Å². The Kier molecular flexibility index (Phi) is 38.9. The minimum Gasteiger partial charge on any atom is -0.286 e. The van der Waals surface area contributed by atoms with E-state index in [-0.39, 0.29) is 53.6 Å². The second kappa shape index (κ2) is 45.3. The van der Waals surface area contributed by atoms with Crippen LogP contribution >= 0.6 is 0 Å². The standard InChI is InChI=1S/2C25H41NO2.C23H37NO2/c2*1-2-3-4-5-6-7-8-9-10-11-12-16-19-24-23(20-21-25(27)26(24)28)22-17-14-13-15-18-22;1-2-3-4-5-6-7-8-9-10-14-17-22-21(18-19-23(25)24(22)26)20-15-12-11-13-16-20/h2*13-15,17-18,23-24,28H,2-12,16,19-21H2,1H3;11-13,15-16,21-22,26H,2-10,14,17-19H2,1H3/t23-,24+;23-,24-;21-,22+/m101/s1. The molecule has 6 rings (SSSR count). The summed E-state index contributed by atoms with van der Waals surface area (Å²) in [6.07, 6.45) is 51.6. The molecule has 462 valence electrons. The van der Waals surface area contributed by atoms with Crippen LogP contribution < -0.4 is 0 Å². The predicted molar refractivity (Wildman–Crippen MR) is 340 cm³/mol. The summed E-state index contributed by atoms with van der Waals surface area (Å²) in [5.41, 5.74) is 3.74. The van der Waals surface area contributed by atoms with Gasteiger partial charge in [0.15, 0.2) is 0 Å². The van der Waals surface area contributed by atoms with Crippen molar-refractivity contribution in [2.45, 2.75) is 333 Å². The van der Waals surface area contributed by atoms with Crippen LogP contribution in [0.1, 0.15) is 331 Å². The number of unbranched alkanes of at least 4 members (excludes halogenated alkanes) is 31. The maximum Gasteiger partial charge on any atom is 0.246 e. The van der Waals surface area contributed by atoms with Gasteiger partial charge < -0.3 is 0 Å². The zero-order valence-electron chi connectivity index (χ0n) is 52.4. The van der Waals surface area contributed by atoms with Crippen LogP contribution in [-0.4, -0.2) is 66.7 Å². The third-order valence-electron chi connectivity index (χ3n) is 18.4. The van der Waals surface area contributed by atoms with E-state index in [1.807, 2.05) is 54.6 Å². The molecule has 3 aromatic rings. The maximum absolute atomic E-state index is 12.0. The number of nitrogens with zero attached hydrogens (tertiary/aromatic N) is 3. The molecule has 3 saturated heterocycles. The fourth-order valence-corrected chi connectivity index (χ4v) is 13.3. The van der Waals surface area contributed by atoms with Crippen LogP contribution in [0.2, 0.25) is 0 Å². The van der Waals surface area contributed by atoms with E-state index in [9.17, 15) is 30.0 Å². The Bertz CT molecular complexity index is 1920. The minimum absolute atomic E-state index is 0.0623. The van der Waals surface area contributed by atoms with E-state index < -0.39 is 0 Å². The molecule has 0 bridgehead atoms. The van der Waals surface area contributed by atoms with Gasteiger partial charge in [0.1, 0.15) is 0 Å². The first-order valence-electron chi connectivity index (χ1n) is 34.4. The maximum atomic E-state index is 12.0.